The van der Waals surface area contributed by atoms with E-state index in [2.05, 4.69) is 4.72 Å². The summed E-state index contributed by atoms with van der Waals surface area (Å²) in [7, 11) is -3.63. The third-order valence-electron chi connectivity index (χ3n) is 4.07. The van der Waals surface area contributed by atoms with Crippen LogP contribution in [-0.2, 0) is 19.6 Å². The molecule has 0 aliphatic heterocycles. The van der Waals surface area contributed by atoms with Gasteiger partial charge in [0.25, 0.3) is 0 Å². The molecule has 0 unspecified atom stereocenters. The molecule has 0 saturated carbocycles. The molecule has 0 bridgehead atoms. The Morgan fingerprint density at radius 2 is 1.68 bits per heavy atom. The number of sulfonamides is 1. The number of aryl methyl sites for hydroxylation is 3. The lowest BCUT2D eigenvalue weighted by molar-refractivity contribution is -0.158. The molecule has 0 radical (unpaired) electrons. The Kier molecular flexibility index (Phi) is 8.45. The molecule has 0 amide bonds. The minimum atomic E-state index is -3.63. The van der Waals surface area contributed by atoms with Gasteiger partial charge in [0.2, 0.25) is 10.0 Å². The lowest BCUT2D eigenvalue weighted by Gasteiger charge is -2.23. The van der Waals surface area contributed by atoms with Crippen LogP contribution in [0.15, 0.2) is 29.2 Å². The molecule has 6 heteroatoms. The first-order valence-corrected chi connectivity index (χ1v) is 11.2. The summed E-state index contributed by atoms with van der Waals surface area (Å²) in [6.07, 6.45) is 4.08. The molecule has 0 heterocycles. The average Bonchev–Trinajstić information content (AvgIpc) is 2.46. The van der Waals surface area contributed by atoms with Crippen molar-refractivity contribution < 1.29 is 17.9 Å². The maximum atomic E-state index is 12.7. The van der Waals surface area contributed by atoms with Crippen molar-refractivity contribution in [2.24, 2.45) is 11.8 Å². The fraction of sp³-hybridized carbons (Fsp3) is 0.591. The molecule has 0 spiro atoms. The maximum Gasteiger partial charge on any atom is 0.313 e. The molecule has 0 aliphatic rings. The molecule has 0 aromatic heterocycles. The number of rotatable bonds is 8. The number of carbonyl (C=O) groups excluding carboxylic acids is 1. The maximum absolute atomic E-state index is 12.7. The summed E-state index contributed by atoms with van der Waals surface area (Å²) in [5.41, 5.74) is 1.92. The van der Waals surface area contributed by atoms with Crippen LogP contribution < -0.4 is 4.72 Å². The molecule has 0 fully saturated rings. The summed E-state index contributed by atoms with van der Waals surface area (Å²) >= 11 is 0. The van der Waals surface area contributed by atoms with E-state index >= 15 is 0 Å². The number of hydrogen-bond acceptors (Lipinski definition) is 4. The van der Waals surface area contributed by atoms with Gasteiger partial charge in [-0.3, -0.25) is 4.79 Å². The highest BCUT2D eigenvalue weighted by atomic mass is 32.2. The Labute approximate surface area is 170 Å². The third-order valence-corrected chi connectivity index (χ3v) is 5.80. The van der Waals surface area contributed by atoms with Crippen molar-refractivity contribution in [1.29, 1.82) is 0 Å². The normalized spacial score (nSPS) is 13.9. The largest absolute Gasteiger partial charge is 0.460 e. The van der Waals surface area contributed by atoms with E-state index in [1.165, 1.54) is 0 Å². The number of esters is 1. The Morgan fingerprint density at radius 3 is 2.14 bits per heavy atom. The standard InChI is InChI=1S/C22H35NO4S/c1-15(2)12-19(21(24)27-22(6,7)8)10-9-11-23-28(25,26)20-17(4)13-16(3)14-18(20)5/h9-10,13-15,19,23H,11-12H2,1-8H3/t19-/m0/s1. The molecule has 0 saturated heterocycles. The van der Waals surface area contributed by atoms with Crippen LogP contribution in [0.3, 0.4) is 0 Å². The van der Waals surface area contributed by atoms with Gasteiger partial charge < -0.3 is 4.74 Å². The van der Waals surface area contributed by atoms with Gasteiger partial charge >= 0.3 is 5.97 Å². The van der Waals surface area contributed by atoms with Crippen LogP contribution in [0.1, 0.15) is 57.7 Å². The molecule has 28 heavy (non-hydrogen) atoms. The first-order chi connectivity index (χ1) is 12.7. The van der Waals surface area contributed by atoms with Gasteiger partial charge in [0.15, 0.2) is 0 Å². The van der Waals surface area contributed by atoms with E-state index in [-0.39, 0.29) is 12.5 Å². The third kappa shape index (κ3) is 7.76. The van der Waals surface area contributed by atoms with Gasteiger partial charge in [-0.25, -0.2) is 13.1 Å². The molecule has 1 N–H and O–H groups in total. The highest BCUT2D eigenvalue weighted by Crippen LogP contribution is 2.22. The zero-order valence-electron chi connectivity index (χ0n) is 18.4. The van der Waals surface area contributed by atoms with Gasteiger partial charge in [0, 0.05) is 6.54 Å². The summed E-state index contributed by atoms with van der Waals surface area (Å²) in [5, 5.41) is 0. The van der Waals surface area contributed by atoms with Crippen molar-refractivity contribution in [3.05, 3.63) is 41.0 Å². The second kappa shape index (κ2) is 9.70. The number of nitrogens with one attached hydrogen (secondary N) is 1. The topological polar surface area (TPSA) is 72.5 Å². The summed E-state index contributed by atoms with van der Waals surface area (Å²) in [5.74, 6) is -0.367. The van der Waals surface area contributed by atoms with Crippen LogP contribution in [-0.4, -0.2) is 26.5 Å². The van der Waals surface area contributed by atoms with E-state index in [1.807, 2.05) is 53.7 Å². The van der Waals surface area contributed by atoms with E-state index in [1.54, 1.807) is 26.0 Å². The van der Waals surface area contributed by atoms with Crippen molar-refractivity contribution in [3.8, 4) is 0 Å². The smallest absolute Gasteiger partial charge is 0.313 e. The molecule has 1 aromatic carbocycles. The van der Waals surface area contributed by atoms with Gasteiger partial charge in [0.05, 0.1) is 10.8 Å². The van der Waals surface area contributed by atoms with Crippen LogP contribution >= 0.6 is 0 Å². The number of carbonyl (C=O) groups is 1. The molecule has 1 aromatic rings. The number of benzene rings is 1. The molecule has 158 valence electrons. The number of ether oxygens (including phenoxy) is 1. The fourth-order valence-corrected chi connectivity index (χ4v) is 4.62. The SMILES string of the molecule is Cc1cc(C)c(S(=O)(=O)NCC=C[C@@H](CC(C)C)C(=O)OC(C)(C)C)c(C)c1. The van der Waals surface area contributed by atoms with Crippen LogP contribution in [0.25, 0.3) is 0 Å². The molecule has 1 atom stereocenters. The molecular weight excluding hydrogens is 374 g/mol. The Balaban J connectivity index is 2.87. The van der Waals surface area contributed by atoms with Gasteiger partial charge in [-0.1, -0.05) is 43.7 Å². The van der Waals surface area contributed by atoms with Crippen molar-refractivity contribution in [1.82, 2.24) is 4.72 Å². The molecule has 1 rings (SSSR count). The highest BCUT2D eigenvalue weighted by Gasteiger charge is 2.24. The van der Waals surface area contributed by atoms with Gasteiger partial charge in [0.1, 0.15) is 5.60 Å². The number of hydrogen-bond donors (Lipinski definition) is 1. The monoisotopic (exact) mass is 409 g/mol. The van der Waals surface area contributed by atoms with Crippen LogP contribution in [0.5, 0.6) is 0 Å². The van der Waals surface area contributed by atoms with Crippen molar-refractivity contribution in [3.63, 3.8) is 0 Å². The van der Waals surface area contributed by atoms with E-state index in [9.17, 15) is 13.2 Å². The molecule has 5 nitrogen and oxygen atoms in total. The second-order valence-corrected chi connectivity index (χ2v) is 10.5. The minimum Gasteiger partial charge on any atom is -0.460 e. The van der Waals surface area contributed by atoms with E-state index in [0.717, 1.165) is 16.7 Å². The first kappa shape index (κ1) is 24.4. The summed E-state index contributed by atoms with van der Waals surface area (Å²) in [6.45, 7) is 15.2. The van der Waals surface area contributed by atoms with Crippen molar-refractivity contribution >= 4 is 16.0 Å². The first-order valence-electron chi connectivity index (χ1n) is 9.70. The van der Waals surface area contributed by atoms with Gasteiger partial charge in [-0.15, -0.1) is 0 Å². The Hall–Kier alpha value is -1.66. The van der Waals surface area contributed by atoms with Crippen molar-refractivity contribution in [2.45, 2.75) is 72.3 Å². The average molecular weight is 410 g/mol. The molecule has 0 aliphatic carbocycles. The Morgan fingerprint density at radius 1 is 1.14 bits per heavy atom. The summed E-state index contributed by atoms with van der Waals surface area (Å²) in [4.78, 5) is 12.7. The lowest BCUT2D eigenvalue weighted by Crippen LogP contribution is -2.29. The zero-order valence-corrected chi connectivity index (χ0v) is 19.2. The van der Waals surface area contributed by atoms with Crippen molar-refractivity contribution in [2.75, 3.05) is 6.54 Å². The van der Waals surface area contributed by atoms with E-state index in [4.69, 9.17) is 4.74 Å². The van der Waals surface area contributed by atoms with E-state index in [0.29, 0.717) is 17.2 Å². The summed E-state index contributed by atoms with van der Waals surface area (Å²) < 4.78 is 33.5. The highest BCUT2D eigenvalue weighted by molar-refractivity contribution is 7.89. The van der Waals surface area contributed by atoms with Crippen LogP contribution in [0.2, 0.25) is 0 Å². The fourth-order valence-electron chi connectivity index (χ4n) is 3.19. The Bertz CT molecular complexity index is 794. The second-order valence-electron chi connectivity index (χ2n) is 8.78. The van der Waals surface area contributed by atoms with Gasteiger partial charge in [-0.05, 0) is 65.0 Å². The van der Waals surface area contributed by atoms with E-state index < -0.39 is 21.5 Å². The quantitative estimate of drug-likeness (QED) is 0.508. The molecular formula is C22H35NO4S. The predicted octanol–water partition coefficient (Wildman–Crippen LogP) is 4.45. The van der Waals surface area contributed by atoms with Crippen LogP contribution in [0.4, 0.5) is 0 Å². The van der Waals surface area contributed by atoms with Crippen LogP contribution in [0, 0.1) is 32.6 Å². The van der Waals surface area contributed by atoms with Gasteiger partial charge in [-0.2, -0.15) is 0 Å². The predicted molar refractivity (Wildman–Crippen MR) is 114 cm³/mol. The zero-order chi connectivity index (χ0) is 21.7. The minimum absolute atomic E-state index is 0.118. The lowest BCUT2D eigenvalue weighted by atomic mass is 9.96. The summed E-state index contributed by atoms with van der Waals surface area (Å²) in [6, 6.07) is 3.72.